The Hall–Kier alpha value is -2.69. The number of ether oxygens (including phenoxy) is 2. The van der Waals surface area contributed by atoms with Crippen LogP contribution in [0.3, 0.4) is 0 Å². The fourth-order valence-corrected chi connectivity index (χ4v) is 4.09. The molecule has 1 fully saturated rings. The molecule has 0 saturated carbocycles. The van der Waals surface area contributed by atoms with E-state index >= 15 is 0 Å². The number of hydrogen-bond donors (Lipinski definition) is 1. The highest BCUT2D eigenvalue weighted by Crippen LogP contribution is 2.28. The van der Waals surface area contributed by atoms with Crippen molar-refractivity contribution in [1.82, 2.24) is 5.32 Å². The lowest BCUT2D eigenvalue weighted by Gasteiger charge is -2.33. The Bertz CT molecular complexity index is 835. The first-order valence-electron chi connectivity index (χ1n) is 10.8. The van der Waals surface area contributed by atoms with Gasteiger partial charge in [0.25, 0.3) is 0 Å². The van der Waals surface area contributed by atoms with Gasteiger partial charge in [-0.25, -0.2) is 0 Å². The van der Waals surface area contributed by atoms with Gasteiger partial charge in [-0.05, 0) is 67.5 Å². The minimum Gasteiger partial charge on any atom is -0.493 e. The number of carbonyl (C=O) groups is 1. The molecule has 0 bridgehead atoms. The zero-order valence-electron chi connectivity index (χ0n) is 18.6. The summed E-state index contributed by atoms with van der Waals surface area (Å²) in [4.78, 5) is 14.9. The Morgan fingerprint density at radius 2 is 1.87 bits per heavy atom. The molecule has 5 heteroatoms. The Kier molecular flexibility index (Phi) is 7.61. The van der Waals surface area contributed by atoms with E-state index in [1.54, 1.807) is 14.2 Å². The molecule has 1 amide bonds. The summed E-state index contributed by atoms with van der Waals surface area (Å²) in [7, 11) is 3.24. The van der Waals surface area contributed by atoms with Gasteiger partial charge in [0, 0.05) is 25.2 Å². The Morgan fingerprint density at radius 3 is 2.53 bits per heavy atom. The molecule has 1 aliphatic heterocycles. The molecule has 30 heavy (non-hydrogen) atoms. The first kappa shape index (κ1) is 22.0. The zero-order valence-corrected chi connectivity index (χ0v) is 18.6. The second kappa shape index (κ2) is 10.4. The van der Waals surface area contributed by atoms with E-state index in [1.807, 2.05) is 25.1 Å². The molecule has 1 N–H and O–H groups in total. The van der Waals surface area contributed by atoms with Gasteiger partial charge in [0.15, 0.2) is 11.5 Å². The summed E-state index contributed by atoms with van der Waals surface area (Å²) in [6.07, 6.45) is 3.67. The van der Waals surface area contributed by atoms with Gasteiger partial charge in [-0.1, -0.05) is 25.1 Å². The molecule has 0 aromatic heterocycles. The molecule has 0 aliphatic carbocycles. The fraction of sp³-hybridized carbons (Fsp3) is 0.480. The average molecular weight is 411 g/mol. The standard InChI is InChI=1S/C25H34N2O3/c1-18-6-5-15-27(17-18)22-11-9-21(10-12-22)19(2)26-25(28)14-8-20-7-13-23(29-3)24(16-20)30-4/h7,9-13,16,18-19H,5-6,8,14-15,17H2,1-4H3,(H,26,28)/t18-,19-/m0/s1. The van der Waals surface area contributed by atoms with Crippen LogP contribution < -0.4 is 19.7 Å². The molecule has 2 atom stereocenters. The highest BCUT2D eigenvalue weighted by molar-refractivity contribution is 5.76. The van der Waals surface area contributed by atoms with Gasteiger partial charge in [0.2, 0.25) is 5.91 Å². The molecular formula is C25H34N2O3. The lowest BCUT2D eigenvalue weighted by Crippen LogP contribution is -2.34. The lowest BCUT2D eigenvalue weighted by atomic mass is 9.99. The summed E-state index contributed by atoms with van der Waals surface area (Å²) < 4.78 is 10.6. The van der Waals surface area contributed by atoms with Crippen molar-refractivity contribution in [3.63, 3.8) is 0 Å². The highest BCUT2D eigenvalue weighted by atomic mass is 16.5. The van der Waals surface area contributed by atoms with E-state index in [2.05, 4.69) is 41.4 Å². The second-order valence-corrected chi connectivity index (χ2v) is 8.26. The van der Waals surface area contributed by atoms with Crippen molar-refractivity contribution >= 4 is 11.6 Å². The Labute approximate surface area is 180 Å². The van der Waals surface area contributed by atoms with Gasteiger partial charge >= 0.3 is 0 Å². The van der Waals surface area contributed by atoms with Gasteiger partial charge in [-0.3, -0.25) is 4.79 Å². The Morgan fingerprint density at radius 1 is 1.13 bits per heavy atom. The van der Waals surface area contributed by atoms with Gasteiger partial charge in [-0.15, -0.1) is 0 Å². The summed E-state index contributed by atoms with van der Waals surface area (Å²) in [5.41, 5.74) is 3.45. The van der Waals surface area contributed by atoms with Crippen molar-refractivity contribution < 1.29 is 14.3 Å². The van der Waals surface area contributed by atoms with E-state index in [0.717, 1.165) is 30.1 Å². The molecule has 2 aromatic rings. The van der Waals surface area contributed by atoms with Crippen LogP contribution in [-0.2, 0) is 11.2 Å². The summed E-state index contributed by atoms with van der Waals surface area (Å²) in [5, 5.41) is 3.12. The number of rotatable bonds is 8. The van der Waals surface area contributed by atoms with E-state index in [4.69, 9.17) is 9.47 Å². The van der Waals surface area contributed by atoms with E-state index in [-0.39, 0.29) is 11.9 Å². The zero-order chi connectivity index (χ0) is 21.5. The van der Waals surface area contributed by atoms with Crippen molar-refractivity contribution in [2.24, 2.45) is 5.92 Å². The number of amides is 1. The van der Waals surface area contributed by atoms with Crippen LogP contribution in [0, 0.1) is 5.92 Å². The van der Waals surface area contributed by atoms with E-state index in [9.17, 15) is 4.79 Å². The average Bonchev–Trinajstić information content (AvgIpc) is 2.77. The molecule has 5 nitrogen and oxygen atoms in total. The number of nitrogens with zero attached hydrogens (tertiary/aromatic N) is 1. The first-order chi connectivity index (χ1) is 14.5. The molecule has 2 aromatic carbocycles. The van der Waals surface area contributed by atoms with Crippen LogP contribution in [-0.4, -0.2) is 33.2 Å². The number of anilines is 1. The maximum atomic E-state index is 12.5. The van der Waals surface area contributed by atoms with E-state index < -0.39 is 0 Å². The maximum Gasteiger partial charge on any atom is 0.220 e. The number of aryl methyl sites for hydroxylation is 1. The Balaban J connectivity index is 1.51. The van der Waals surface area contributed by atoms with Gasteiger partial charge in [0.1, 0.15) is 0 Å². The van der Waals surface area contributed by atoms with Crippen LogP contribution in [0.2, 0.25) is 0 Å². The first-order valence-corrected chi connectivity index (χ1v) is 10.8. The summed E-state index contributed by atoms with van der Waals surface area (Å²) in [6.45, 7) is 6.61. The van der Waals surface area contributed by atoms with Crippen molar-refractivity contribution in [3.8, 4) is 11.5 Å². The summed E-state index contributed by atoms with van der Waals surface area (Å²) in [5.74, 6) is 2.18. The van der Waals surface area contributed by atoms with Gasteiger partial charge in [0.05, 0.1) is 20.3 Å². The number of piperidine rings is 1. The van der Waals surface area contributed by atoms with Crippen LogP contribution in [0.5, 0.6) is 11.5 Å². The third-order valence-corrected chi connectivity index (χ3v) is 5.88. The number of carbonyl (C=O) groups excluding carboxylic acids is 1. The molecule has 1 heterocycles. The predicted molar refractivity (Wildman–Crippen MR) is 121 cm³/mol. The van der Waals surface area contributed by atoms with E-state index in [0.29, 0.717) is 24.3 Å². The molecule has 1 aliphatic rings. The third-order valence-electron chi connectivity index (χ3n) is 5.88. The monoisotopic (exact) mass is 410 g/mol. The van der Waals surface area contributed by atoms with Crippen LogP contribution in [0.4, 0.5) is 5.69 Å². The topological polar surface area (TPSA) is 50.8 Å². The minimum absolute atomic E-state index is 0.0165. The van der Waals surface area contributed by atoms with Crippen molar-refractivity contribution in [2.45, 2.75) is 45.6 Å². The quantitative estimate of drug-likeness (QED) is 0.682. The molecule has 1 saturated heterocycles. The van der Waals surface area contributed by atoms with Crippen LogP contribution in [0.1, 0.15) is 50.3 Å². The molecule has 162 valence electrons. The van der Waals surface area contributed by atoms with Crippen molar-refractivity contribution in [1.29, 1.82) is 0 Å². The van der Waals surface area contributed by atoms with Crippen LogP contribution >= 0.6 is 0 Å². The molecule has 0 radical (unpaired) electrons. The second-order valence-electron chi connectivity index (χ2n) is 8.26. The molecule has 3 rings (SSSR count). The number of benzene rings is 2. The largest absolute Gasteiger partial charge is 0.493 e. The van der Waals surface area contributed by atoms with E-state index in [1.165, 1.54) is 18.5 Å². The third kappa shape index (κ3) is 5.68. The lowest BCUT2D eigenvalue weighted by molar-refractivity contribution is -0.121. The SMILES string of the molecule is COc1ccc(CCC(=O)N[C@@H](C)c2ccc(N3CCC[C@H](C)C3)cc2)cc1OC. The number of methoxy groups -OCH3 is 2. The molecule has 0 spiro atoms. The summed E-state index contributed by atoms with van der Waals surface area (Å²) >= 11 is 0. The number of hydrogen-bond acceptors (Lipinski definition) is 4. The van der Waals surface area contributed by atoms with Crippen molar-refractivity contribution in [2.75, 3.05) is 32.2 Å². The predicted octanol–water partition coefficient (Wildman–Crippen LogP) is 4.75. The highest BCUT2D eigenvalue weighted by Gasteiger charge is 2.17. The fourth-order valence-electron chi connectivity index (χ4n) is 4.09. The van der Waals surface area contributed by atoms with Crippen molar-refractivity contribution in [3.05, 3.63) is 53.6 Å². The summed E-state index contributed by atoms with van der Waals surface area (Å²) in [6, 6.07) is 14.4. The maximum absolute atomic E-state index is 12.5. The minimum atomic E-state index is -0.0165. The van der Waals surface area contributed by atoms with Crippen LogP contribution in [0.15, 0.2) is 42.5 Å². The van der Waals surface area contributed by atoms with Gasteiger partial charge in [-0.2, -0.15) is 0 Å². The number of nitrogens with one attached hydrogen (secondary N) is 1. The molecule has 0 unspecified atom stereocenters. The van der Waals surface area contributed by atoms with Crippen LogP contribution in [0.25, 0.3) is 0 Å². The normalized spacial score (nSPS) is 17.3. The smallest absolute Gasteiger partial charge is 0.220 e. The van der Waals surface area contributed by atoms with Gasteiger partial charge < -0.3 is 19.7 Å². The molecular weight excluding hydrogens is 376 g/mol.